The summed E-state index contributed by atoms with van der Waals surface area (Å²) in [5.41, 5.74) is 2.46. The number of hydrogen-bond acceptors (Lipinski definition) is 6. The molecule has 3 N–H and O–H groups in total. The molecule has 1 aromatic carbocycles. The van der Waals surface area contributed by atoms with Gasteiger partial charge in [0.2, 0.25) is 6.41 Å². The third-order valence-electron chi connectivity index (χ3n) is 6.42. The number of rotatable bonds is 7. The highest BCUT2D eigenvalue weighted by atomic mass is 16.5. The van der Waals surface area contributed by atoms with E-state index in [2.05, 4.69) is 32.4 Å². The number of aromatic amines is 1. The number of methoxy groups -OCH3 is 2. The average molecular weight is 452 g/mol. The van der Waals surface area contributed by atoms with Gasteiger partial charge < -0.3 is 30.0 Å². The van der Waals surface area contributed by atoms with Gasteiger partial charge in [-0.1, -0.05) is 13.0 Å². The Morgan fingerprint density at radius 3 is 2.45 bits per heavy atom. The van der Waals surface area contributed by atoms with Crippen molar-refractivity contribution >= 4 is 23.3 Å². The van der Waals surface area contributed by atoms with E-state index in [9.17, 15) is 4.79 Å². The summed E-state index contributed by atoms with van der Waals surface area (Å²) in [6, 6.07) is 9.28. The summed E-state index contributed by atoms with van der Waals surface area (Å²) < 4.78 is 10.9. The molecule has 8 heteroatoms. The molecule has 0 radical (unpaired) electrons. The average Bonchev–Trinajstić information content (AvgIpc) is 3.38. The molecule has 1 aliphatic carbocycles. The van der Waals surface area contributed by atoms with E-state index in [4.69, 9.17) is 9.47 Å². The lowest BCUT2D eigenvalue weighted by atomic mass is 10.0. The monoisotopic (exact) mass is 451 g/mol. The summed E-state index contributed by atoms with van der Waals surface area (Å²) in [5, 5.41) is 6.83. The molecule has 2 aliphatic rings. The molecule has 5 rings (SSSR count). The van der Waals surface area contributed by atoms with E-state index in [1.807, 2.05) is 30.5 Å². The summed E-state index contributed by atoms with van der Waals surface area (Å²) in [5.74, 6) is 3.98. The molecule has 1 amide bonds. The van der Waals surface area contributed by atoms with E-state index in [1.54, 1.807) is 20.3 Å². The van der Waals surface area contributed by atoms with Gasteiger partial charge in [-0.05, 0) is 42.5 Å². The van der Waals surface area contributed by atoms with Crippen LogP contribution in [0.15, 0.2) is 36.5 Å². The first-order valence-corrected chi connectivity index (χ1v) is 11.5. The first-order chi connectivity index (χ1) is 16.1. The van der Waals surface area contributed by atoms with E-state index in [0.717, 1.165) is 39.8 Å². The van der Waals surface area contributed by atoms with Gasteiger partial charge in [0.25, 0.3) is 0 Å². The second-order valence-electron chi connectivity index (χ2n) is 8.62. The van der Waals surface area contributed by atoms with Crippen molar-refractivity contribution in [1.82, 2.24) is 20.2 Å². The number of piperazine rings is 1. The molecule has 33 heavy (non-hydrogen) atoms. The Balaban J connectivity index is 0.000000196. The Hall–Kier alpha value is -3.10. The maximum absolute atomic E-state index is 10.5. The normalized spacial score (nSPS) is 20.0. The second kappa shape index (κ2) is 10.7. The maximum Gasteiger partial charge on any atom is 0.212 e. The van der Waals surface area contributed by atoms with Crippen molar-refractivity contribution in [2.24, 2.45) is 11.8 Å². The van der Waals surface area contributed by atoms with Gasteiger partial charge in [-0.25, -0.2) is 4.98 Å². The Bertz CT molecular complexity index is 1050. The number of hydrogen-bond donors (Lipinski definition) is 3. The van der Waals surface area contributed by atoms with Crippen LogP contribution in [-0.2, 0) is 4.79 Å². The number of aromatic nitrogens is 2. The largest absolute Gasteiger partial charge is 0.496 e. The van der Waals surface area contributed by atoms with Crippen LogP contribution < -0.4 is 20.1 Å². The first-order valence-electron chi connectivity index (χ1n) is 11.5. The van der Waals surface area contributed by atoms with Gasteiger partial charge >= 0.3 is 0 Å². The third kappa shape index (κ3) is 5.46. The van der Waals surface area contributed by atoms with E-state index >= 15 is 0 Å². The molecule has 2 aromatic heterocycles. The molecule has 0 bridgehead atoms. The zero-order valence-corrected chi connectivity index (χ0v) is 19.6. The molecule has 8 nitrogen and oxygen atoms in total. The van der Waals surface area contributed by atoms with Gasteiger partial charge in [0, 0.05) is 49.9 Å². The number of pyridine rings is 1. The van der Waals surface area contributed by atoms with Crippen LogP contribution in [0.1, 0.15) is 13.3 Å². The molecule has 0 spiro atoms. The van der Waals surface area contributed by atoms with Crippen LogP contribution in [0.4, 0.5) is 5.82 Å². The number of carbonyl (C=O) groups is 1. The van der Waals surface area contributed by atoms with Gasteiger partial charge in [0.1, 0.15) is 23.0 Å². The van der Waals surface area contributed by atoms with Gasteiger partial charge in [-0.15, -0.1) is 0 Å². The summed E-state index contributed by atoms with van der Waals surface area (Å²) >= 11 is 0. The smallest absolute Gasteiger partial charge is 0.212 e. The minimum Gasteiger partial charge on any atom is -0.496 e. The molecule has 1 aliphatic heterocycles. The summed E-state index contributed by atoms with van der Waals surface area (Å²) in [4.78, 5) is 20.6. The van der Waals surface area contributed by atoms with Crippen LogP contribution in [0.2, 0.25) is 0 Å². The SMILES string of the molecule is CC1CC1CN1CCNCC1.COc1cccc(OC)c1-c1c[nH]c2nc(NC=O)ccc12. The first kappa shape index (κ1) is 23.1. The van der Waals surface area contributed by atoms with Crippen LogP contribution in [0, 0.1) is 11.8 Å². The van der Waals surface area contributed by atoms with Gasteiger partial charge in [-0.3, -0.25) is 4.79 Å². The van der Waals surface area contributed by atoms with E-state index in [0.29, 0.717) is 17.9 Å². The predicted molar refractivity (Wildman–Crippen MR) is 131 cm³/mol. The number of amides is 1. The Kier molecular flexibility index (Phi) is 7.47. The van der Waals surface area contributed by atoms with Crippen molar-refractivity contribution < 1.29 is 14.3 Å². The Morgan fingerprint density at radius 2 is 1.85 bits per heavy atom. The van der Waals surface area contributed by atoms with Crippen molar-refractivity contribution in [2.45, 2.75) is 13.3 Å². The number of fused-ring (bicyclic) bond motifs is 1. The molecule has 1 saturated carbocycles. The van der Waals surface area contributed by atoms with Gasteiger partial charge in [-0.2, -0.15) is 0 Å². The van der Waals surface area contributed by atoms with E-state index < -0.39 is 0 Å². The highest BCUT2D eigenvalue weighted by molar-refractivity contribution is 5.98. The van der Waals surface area contributed by atoms with Gasteiger partial charge in [0.15, 0.2) is 0 Å². The van der Waals surface area contributed by atoms with Crippen LogP contribution in [0.5, 0.6) is 11.5 Å². The highest BCUT2D eigenvalue weighted by Gasteiger charge is 2.33. The molecular formula is C25H33N5O3. The molecule has 3 heterocycles. The number of ether oxygens (including phenoxy) is 2. The lowest BCUT2D eigenvalue weighted by Crippen LogP contribution is -2.44. The lowest BCUT2D eigenvalue weighted by molar-refractivity contribution is -0.105. The Morgan fingerprint density at radius 1 is 1.15 bits per heavy atom. The van der Waals surface area contributed by atoms with Crippen molar-refractivity contribution in [2.75, 3.05) is 52.3 Å². The van der Waals surface area contributed by atoms with Crippen LogP contribution >= 0.6 is 0 Å². The molecule has 2 fully saturated rings. The van der Waals surface area contributed by atoms with E-state index in [-0.39, 0.29) is 0 Å². The minimum atomic E-state index is 0.489. The second-order valence-corrected chi connectivity index (χ2v) is 8.62. The fourth-order valence-corrected chi connectivity index (χ4v) is 4.35. The molecule has 2 atom stereocenters. The minimum absolute atomic E-state index is 0.489. The molecule has 176 valence electrons. The van der Waals surface area contributed by atoms with Crippen LogP contribution in [0.25, 0.3) is 22.2 Å². The maximum atomic E-state index is 10.5. The fraction of sp³-hybridized carbons (Fsp3) is 0.440. The number of anilines is 1. The summed E-state index contributed by atoms with van der Waals surface area (Å²) in [6.07, 6.45) is 3.92. The number of nitrogens with one attached hydrogen (secondary N) is 3. The summed E-state index contributed by atoms with van der Waals surface area (Å²) in [6.45, 7) is 8.66. The molecule has 2 unspecified atom stereocenters. The van der Waals surface area contributed by atoms with Crippen molar-refractivity contribution in [3.63, 3.8) is 0 Å². The van der Waals surface area contributed by atoms with Crippen LogP contribution in [-0.4, -0.2) is 68.2 Å². The third-order valence-corrected chi connectivity index (χ3v) is 6.42. The number of H-pyrrole nitrogens is 1. The number of nitrogens with zero attached hydrogens (tertiary/aromatic N) is 2. The predicted octanol–water partition coefficient (Wildman–Crippen LogP) is 3.36. The van der Waals surface area contributed by atoms with Crippen molar-refractivity contribution in [3.8, 4) is 22.6 Å². The number of carbonyl (C=O) groups excluding carboxylic acids is 1. The molecular weight excluding hydrogens is 418 g/mol. The Labute approximate surface area is 194 Å². The summed E-state index contributed by atoms with van der Waals surface area (Å²) in [7, 11) is 3.24. The standard InChI is InChI=1S/C16H15N3O3.C9H18N2/c1-21-12-4-3-5-13(22-2)15(12)11-8-17-16-10(11)6-7-14(19-16)18-9-20;1-8-6-9(8)7-11-4-2-10-3-5-11/h3-9H,1-2H3,(H2,17,18,19,20);8-10H,2-7H2,1H3. The van der Waals surface area contributed by atoms with Crippen molar-refractivity contribution in [3.05, 3.63) is 36.5 Å². The lowest BCUT2D eigenvalue weighted by Gasteiger charge is -2.27. The zero-order valence-electron chi connectivity index (χ0n) is 19.6. The topological polar surface area (TPSA) is 91.5 Å². The van der Waals surface area contributed by atoms with Gasteiger partial charge in [0.05, 0.1) is 19.8 Å². The zero-order chi connectivity index (χ0) is 23.2. The number of benzene rings is 1. The molecule has 3 aromatic rings. The quantitative estimate of drug-likeness (QED) is 0.477. The molecule has 1 saturated heterocycles. The fourth-order valence-electron chi connectivity index (χ4n) is 4.35. The van der Waals surface area contributed by atoms with Crippen molar-refractivity contribution in [1.29, 1.82) is 0 Å². The van der Waals surface area contributed by atoms with Crippen LogP contribution in [0.3, 0.4) is 0 Å². The highest BCUT2D eigenvalue weighted by Crippen LogP contribution is 2.41. The van der Waals surface area contributed by atoms with E-state index in [1.165, 1.54) is 39.1 Å².